The third-order valence-electron chi connectivity index (χ3n) is 2.99. The Labute approximate surface area is 119 Å². The summed E-state index contributed by atoms with van der Waals surface area (Å²) < 4.78 is 13.4. The van der Waals surface area contributed by atoms with Crippen LogP contribution in [0.5, 0.6) is 0 Å². The molecule has 0 saturated heterocycles. The van der Waals surface area contributed by atoms with Crippen LogP contribution in [0.15, 0.2) is 18.2 Å². The topological polar surface area (TPSA) is 101 Å². The molecule has 0 radical (unpaired) electrons. The van der Waals surface area contributed by atoms with Crippen LogP contribution >= 0.6 is 0 Å². The molecule has 2 amide bonds. The predicted octanol–water partition coefficient (Wildman–Crippen LogP) is 1.13. The van der Waals surface area contributed by atoms with Gasteiger partial charge in [-0.3, -0.25) is 19.7 Å². The molecule has 0 spiro atoms. The quantitative estimate of drug-likeness (QED) is 0.606. The van der Waals surface area contributed by atoms with E-state index in [1.54, 1.807) is 0 Å². The average Bonchev–Trinajstić information content (AvgIpc) is 3.21. The SMILES string of the molecule is O=C(CCNC(=O)c1ccc([N+](=O)[O-])c(F)c1)NC1CC1. The monoisotopic (exact) mass is 295 g/mol. The zero-order valence-electron chi connectivity index (χ0n) is 11.1. The Morgan fingerprint density at radius 2 is 2.10 bits per heavy atom. The van der Waals surface area contributed by atoms with Gasteiger partial charge in [-0.25, -0.2) is 0 Å². The van der Waals surface area contributed by atoms with E-state index < -0.39 is 22.3 Å². The maximum Gasteiger partial charge on any atom is 0.304 e. The summed E-state index contributed by atoms with van der Waals surface area (Å²) in [4.78, 5) is 32.7. The lowest BCUT2D eigenvalue weighted by molar-refractivity contribution is -0.387. The average molecular weight is 295 g/mol. The molecule has 1 aromatic rings. The minimum absolute atomic E-state index is 0.0271. The largest absolute Gasteiger partial charge is 0.353 e. The Morgan fingerprint density at radius 3 is 2.67 bits per heavy atom. The number of carbonyl (C=O) groups excluding carboxylic acids is 2. The summed E-state index contributed by atoms with van der Waals surface area (Å²) in [5.74, 6) is -1.80. The highest BCUT2D eigenvalue weighted by Gasteiger charge is 2.23. The summed E-state index contributed by atoms with van der Waals surface area (Å²) in [5.41, 5.74) is -0.712. The number of benzene rings is 1. The maximum absolute atomic E-state index is 13.4. The van der Waals surface area contributed by atoms with Crippen LogP contribution in [0.4, 0.5) is 10.1 Å². The molecule has 0 aliphatic heterocycles. The molecule has 0 atom stereocenters. The summed E-state index contributed by atoms with van der Waals surface area (Å²) in [6.07, 6.45) is 2.11. The number of halogens is 1. The summed E-state index contributed by atoms with van der Waals surface area (Å²) >= 11 is 0. The predicted molar refractivity (Wildman–Crippen MR) is 71.2 cm³/mol. The van der Waals surface area contributed by atoms with Crippen molar-refractivity contribution < 1.29 is 18.9 Å². The highest BCUT2D eigenvalue weighted by Crippen LogP contribution is 2.19. The van der Waals surface area contributed by atoms with Crippen LogP contribution in [0.25, 0.3) is 0 Å². The standard InChI is InChI=1S/C13H14FN3O4/c14-10-7-8(1-4-11(10)17(20)21)13(19)15-6-5-12(18)16-9-2-3-9/h1,4,7,9H,2-3,5-6H2,(H,15,19)(H,16,18). The van der Waals surface area contributed by atoms with Crippen LogP contribution in [-0.2, 0) is 4.79 Å². The van der Waals surface area contributed by atoms with E-state index in [1.807, 2.05) is 0 Å². The molecule has 1 aliphatic carbocycles. The van der Waals surface area contributed by atoms with Gasteiger partial charge in [0.25, 0.3) is 5.91 Å². The van der Waals surface area contributed by atoms with Crippen molar-refractivity contribution in [2.45, 2.75) is 25.3 Å². The summed E-state index contributed by atoms with van der Waals surface area (Å²) in [6, 6.07) is 3.17. The smallest absolute Gasteiger partial charge is 0.304 e. The number of hydrogen-bond donors (Lipinski definition) is 2. The van der Waals surface area contributed by atoms with Crippen LogP contribution in [0.2, 0.25) is 0 Å². The van der Waals surface area contributed by atoms with E-state index in [0.717, 1.165) is 25.0 Å². The molecule has 0 aromatic heterocycles. The first-order valence-corrected chi connectivity index (χ1v) is 6.49. The van der Waals surface area contributed by atoms with E-state index in [-0.39, 0.29) is 30.5 Å². The van der Waals surface area contributed by atoms with Crippen LogP contribution in [-0.4, -0.2) is 29.3 Å². The van der Waals surface area contributed by atoms with Gasteiger partial charge in [-0.2, -0.15) is 4.39 Å². The molecule has 112 valence electrons. The number of carbonyl (C=O) groups is 2. The molecular formula is C13H14FN3O4. The summed E-state index contributed by atoms with van der Waals surface area (Å²) in [6.45, 7) is 0.121. The van der Waals surface area contributed by atoms with Crippen LogP contribution in [0.3, 0.4) is 0 Å². The van der Waals surface area contributed by atoms with Crippen molar-refractivity contribution in [1.29, 1.82) is 0 Å². The second-order valence-corrected chi connectivity index (χ2v) is 4.77. The first kappa shape index (κ1) is 14.9. The zero-order chi connectivity index (χ0) is 15.4. The van der Waals surface area contributed by atoms with Gasteiger partial charge >= 0.3 is 5.69 Å². The molecule has 21 heavy (non-hydrogen) atoms. The number of hydrogen-bond acceptors (Lipinski definition) is 4. The zero-order valence-corrected chi connectivity index (χ0v) is 11.1. The Morgan fingerprint density at radius 1 is 1.38 bits per heavy atom. The molecular weight excluding hydrogens is 281 g/mol. The molecule has 0 heterocycles. The van der Waals surface area contributed by atoms with Gasteiger partial charge in [0, 0.05) is 30.6 Å². The Balaban J connectivity index is 1.83. The van der Waals surface area contributed by atoms with Crippen molar-refractivity contribution >= 4 is 17.5 Å². The molecule has 1 saturated carbocycles. The normalized spacial score (nSPS) is 13.6. The fourth-order valence-corrected chi connectivity index (χ4v) is 1.72. The van der Waals surface area contributed by atoms with Gasteiger partial charge in [-0.05, 0) is 25.0 Å². The molecule has 8 heteroatoms. The van der Waals surface area contributed by atoms with E-state index in [0.29, 0.717) is 0 Å². The Bertz CT molecular complexity index is 587. The van der Waals surface area contributed by atoms with Gasteiger partial charge in [0.05, 0.1) is 4.92 Å². The van der Waals surface area contributed by atoms with Gasteiger partial charge in [0.1, 0.15) is 0 Å². The third-order valence-corrected chi connectivity index (χ3v) is 2.99. The van der Waals surface area contributed by atoms with Crippen molar-refractivity contribution in [3.63, 3.8) is 0 Å². The van der Waals surface area contributed by atoms with Crippen LogP contribution in [0.1, 0.15) is 29.6 Å². The van der Waals surface area contributed by atoms with E-state index in [1.165, 1.54) is 6.07 Å². The van der Waals surface area contributed by atoms with Crippen molar-refractivity contribution in [2.75, 3.05) is 6.54 Å². The fourth-order valence-electron chi connectivity index (χ4n) is 1.72. The molecule has 7 nitrogen and oxygen atoms in total. The molecule has 2 rings (SSSR count). The van der Waals surface area contributed by atoms with Gasteiger partial charge in [-0.1, -0.05) is 0 Å². The van der Waals surface area contributed by atoms with Crippen LogP contribution in [0, 0.1) is 15.9 Å². The number of nitrogens with one attached hydrogen (secondary N) is 2. The molecule has 1 aliphatic rings. The highest BCUT2D eigenvalue weighted by molar-refractivity contribution is 5.94. The molecule has 0 bridgehead atoms. The Kier molecular flexibility index (Phi) is 4.46. The van der Waals surface area contributed by atoms with E-state index in [2.05, 4.69) is 10.6 Å². The van der Waals surface area contributed by atoms with E-state index >= 15 is 0 Å². The lowest BCUT2D eigenvalue weighted by Crippen LogP contribution is -2.31. The molecule has 1 fully saturated rings. The van der Waals surface area contributed by atoms with Crippen LogP contribution < -0.4 is 10.6 Å². The minimum atomic E-state index is -1.07. The van der Waals surface area contributed by atoms with Gasteiger partial charge < -0.3 is 10.6 Å². The van der Waals surface area contributed by atoms with Crippen molar-refractivity contribution in [3.8, 4) is 0 Å². The molecule has 1 aromatic carbocycles. The van der Waals surface area contributed by atoms with Crippen molar-refractivity contribution in [1.82, 2.24) is 10.6 Å². The van der Waals surface area contributed by atoms with Crippen molar-refractivity contribution in [2.24, 2.45) is 0 Å². The lowest BCUT2D eigenvalue weighted by atomic mass is 10.2. The number of amides is 2. The number of rotatable bonds is 6. The van der Waals surface area contributed by atoms with Gasteiger partial charge in [0.2, 0.25) is 11.7 Å². The van der Waals surface area contributed by atoms with Crippen molar-refractivity contribution in [3.05, 3.63) is 39.7 Å². The summed E-state index contributed by atoms with van der Waals surface area (Å²) in [5, 5.41) is 15.7. The first-order chi connectivity index (χ1) is 9.97. The number of nitrogens with zero attached hydrogens (tertiary/aromatic N) is 1. The minimum Gasteiger partial charge on any atom is -0.353 e. The van der Waals surface area contributed by atoms with Gasteiger partial charge in [0.15, 0.2) is 0 Å². The lowest BCUT2D eigenvalue weighted by Gasteiger charge is -2.06. The number of nitro benzene ring substituents is 1. The second kappa shape index (κ2) is 6.29. The maximum atomic E-state index is 13.4. The Hall–Kier alpha value is -2.51. The molecule has 0 unspecified atom stereocenters. The highest BCUT2D eigenvalue weighted by atomic mass is 19.1. The first-order valence-electron chi connectivity index (χ1n) is 6.49. The second-order valence-electron chi connectivity index (χ2n) is 4.77. The fraction of sp³-hybridized carbons (Fsp3) is 0.385. The summed E-state index contributed by atoms with van der Waals surface area (Å²) in [7, 11) is 0. The van der Waals surface area contributed by atoms with E-state index in [9.17, 15) is 24.1 Å². The van der Waals surface area contributed by atoms with Gasteiger partial charge in [-0.15, -0.1) is 0 Å². The third kappa shape index (κ3) is 4.23. The molecule has 2 N–H and O–H groups in total. The van der Waals surface area contributed by atoms with E-state index in [4.69, 9.17) is 0 Å². The number of nitro groups is 1.